The number of alkyl halides is 3. The lowest BCUT2D eigenvalue weighted by Crippen LogP contribution is -2.48. The molecule has 0 spiro atoms. The third-order valence-corrected chi connectivity index (χ3v) is 3.36. The molecule has 2 rings (SSSR count). The highest BCUT2D eigenvalue weighted by molar-refractivity contribution is 7.80. The summed E-state index contributed by atoms with van der Waals surface area (Å²) in [4.78, 5) is 23.5. The SMILES string of the molecule is Cc1ccc(NC(=O)C(=O)NNC(=S)Nc2ccc(OC(F)(F)F)cc2)cc1. The number of carbonyl (C=O) groups excluding carboxylic acids is 2. The molecule has 0 bridgehead atoms. The normalized spacial score (nSPS) is 10.6. The number of ether oxygens (including phenoxy) is 1. The number of anilines is 2. The second-order valence-corrected chi connectivity index (χ2v) is 5.83. The zero-order valence-electron chi connectivity index (χ0n) is 14.4. The van der Waals surface area contributed by atoms with Gasteiger partial charge in [0.2, 0.25) is 0 Å². The number of amides is 2. The van der Waals surface area contributed by atoms with Gasteiger partial charge in [0.15, 0.2) is 5.11 Å². The van der Waals surface area contributed by atoms with Gasteiger partial charge in [-0.1, -0.05) is 17.7 Å². The van der Waals surface area contributed by atoms with Crippen LogP contribution in [0.2, 0.25) is 0 Å². The van der Waals surface area contributed by atoms with E-state index >= 15 is 0 Å². The van der Waals surface area contributed by atoms with Crippen molar-refractivity contribution in [3.05, 3.63) is 54.1 Å². The number of halogens is 3. The third kappa shape index (κ3) is 7.11. The Labute approximate surface area is 163 Å². The number of carbonyl (C=O) groups is 2. The van der Waals surface area contributed by atoms with Crippen LogP contribution in [0.3, 0.4) is 0 Å². The fourth-order valence-corrected chi connectivity index (χ4v) is 2.07. The quantitative estimate of drug-likeness (QED) is 0.352. The van der Waals surface area contributed by atoms with Gasteiger partial charge in [0.1, 0.15) is 5.75 Å². The number of rotatable bonds is 3. The fourth-order valence-electron chi connectivity index (χ4n) is 1.90. The Kier molecular flexibility index (Phi) is 6.77. The Morgan fingerprint density at radius 3 is 1.96 bits per heavy atom. The predicted molar refractivity (Wildman–Crippen MR) is 100 cm³/mol. The summed E-state index contributed by atoms with van der Waals surface area (Å²) in [5.41, 5.74) is 6.20. The number of nitrogens with one attached hydrogen (secondary N) is 4. The van der Waals surface area contributed by atoms with Gasteiger partial charge in [-0.25, -0.2) is 0 Å². The number of thiocarbonyl (C=S) groups is 1. The molecule has 7 nitrogen and oxygen atoms in total. The number of hydrogen-bond acceptors (Lipinski definition) is 4. The molecule has 2 aromatic rings. The standard InChI is InChI=1S/C17H15F3N4O3S/c1-10-2-4-11(5-3-10)21-14(25)15(26)23-24-16(28)22-12-6-8-13(9-7-12)27-17(18,19)20/h2-9H,1H3,(H,21,25)(H,23,26)(H2,22,24,28). The zero-order chi connectivity index (χ0) is 20.7. The van der Waals surface area contributed by atoms with E-state index in [4.69, 9.17) is 12.2 Å². The second-order valence-electron chi connectivity index (χ2n) is 5.43. The van der Waals surface area contributed by atoms with Crippen LogP contribution in [0.5, 0.6) is 5.75 Å². The Morgan fingerprint density at radius 2 is 1.39 bits per heavy atom. The lowest BCUT2D eigenvalue weighted by atomic mass is 10.2. The summed E-state index contributed by atoms with van der Waals surface area (Å²) < 4.78 is 40.1. The van der Waals surface area contributed by atoms with Crippen LogP contribution in [0.25, 0.3) is 0 Å². The van der Waals surface area contributed by atoms with Crippen LogP contribution in [0, 0.1) is 6.92 Å². The molecule has 0 aromatic heterocycles. The zero-order valence-corrected chi connectivity index (χ0v) is 15.2. The summed E-state index contributed by atoms with van der Waals surface area (Å²) in [5, 5.41) is 4.94. The molecule has 4 N–H and O–H groups in total. The summed E-state index contributed by atoms with van der Waals surface area (Å²) in [5.74, 6) is -2.29. The minimum Gasteiger partial charge on any atom is -0.406 e. The summed E-state index contributed by atoms with van der Waals surface area (Å²) in [6.45, 7) is 1.88. The summed E-state index contributed by atoms with van der Waals surface area (Å²) in [6, 6.07) is 11.6. The number of aryl methyl sites for hydroxylation is 1. The molecule has 0 heterocycles. The van der Waals surface area contributed by atoms with Crippen molar-refractivity contribution in [2.75, 3.05) is 10.6 Å². The minimum atomic E-state index is -4.78. The molecule has 0 aliphatic rings. The maximum atomic E-state index is 12.1. The lowest BCUT2D eigenvalue weighted by Gasteiger charge is -2.13. The van der Waals surface area contributed by atoms with Gasteiger partial charge in [-0.2, -0.15) is 0 Å². The Hall–Kier alpha value is -3.34. The van der Waals surface area contributed by atoms with Gasteiger partial charge in [-0.15, -0.1) is 13.2 Å². The Balaban J connectivity index is 1.79. The molecular weight excluding hydrogens is 397 g/mol. The summed E-state index contributed by atoms with van der Waals surface area (Å²) >= 11 is 4.93. The lowest BCUT2D eigenvalue weighted by molar-refractivity contribution is -0.274. The van der Waals surface area contributed by atoms with Crippen LogP contribution in [-0.2, 0) is 9.59 Å². The van der Waals surface area contributed by atoms with Crippen LogP contribution in [-0.4, -0.2) is 23.3 Å². The highest BCUT2D eigenvalue weighted by Gasteiger charge is 2.30. The number of benzene rings is 2. The third-order valence-electron chi connectivity index (χ3n) is 3.15. The minimum absolute atomic E-state index is 0.0824. The molecule has 28 heavy (non-hydrogen) atoms. The van der Waals surface area contributed by atoms with Gasteiger partial charge >= 0.3 is 18.2 Å². The number of hydrogen-bond donors (Lipinski definition) is 4. The van der Waals surface area contributed by atoms with Crippen LogP contribution in [0.4, 0.5) is 24.5 Å². The van der Waals surface area contributed by atoms with Crippen molar-refractivity contribution in [1.82, 2.24) is 10.9 Å². The molecule has 0 saturated carbocycles. The van der Waals surface area contributed by atoms with Crippen LogP contribution in [0.15, 0.2) is 48.5 Å². The first-order valence-electron chi connectivity index (χ1n) is 7.73. The van der Waals surface area contributed by atoms with Crippen molar-refractivity contribution in [3.8, 4) is 5.75 Å². The molecular formula is C17H15F3N4O3S. The average molecular weight is 412 g/mol. The maximum Gasteiger partial charge on any atom is 0.573 e. The summed E-state index contributed by atoms with van der Waals surface area (Å²) in [7, 11) is 0. The van der Waals surface area contributed by atoms with Gasteiger partial charge in [0, 0.05) is 11.4 Å². The molecule has 0 fully saturated rings. The predicted octanol–water partition coefficient (Wildman–Crippen LogP) is 2.85. The smallest absolute Gasteiger partial charge is 0.406 e. The van der Waals surface area contributed by atoms with E-state index in [1.807, 2.05) is 6.92 Å². The van der Waals surface area contributed by atoms with Gasteiger partial charge in [0.25, 0.3) is 0 Å². The van der Waals surface area contributed by atoms with Crippen molar-refractivity contribution in [2.24, 2.45) is 0 Å². The first kappa shape index (κ1) is 21.0. The van der Waals surface area contributed by atoms with E-state index in [1.165, 1.54) is 12.1 Å². The van der Waals surface area contributed by atoms with Crippen LogP contribution in [0.1, 0.15) is 5.56 Å². The second kappa shape index (κ2) is 9.04. The van der Waals surface area contributed by atoms with Crippen molar-refractivity contribution in [1.29, 1.82) is 0 Å². The molecule has 0 saturated heterocycles. The molecule has 2 amide bonds. The van der Waals surface area contributed by atoms with Crippen molar-refractivity contribution >= 4 is 40.5 Å². The van der Waals surface area contributed by atoms with E-state index in [0.29, 0.717) is 11.4 Å². The molecule has 0 unspecified atom stereocenters. The maximum absolute atomic E-state index is 12.1. The highest BCUT2D eigenvalue weighted by Crippen LogP contribution is 2.23. The summed E-state index contributed by atoms with van der Waals surface area (Å²) in [6.07, 6.45) is -4.78. The average Bonchev–Trinajstić information content (AvgIpc) is 2.62. The number of hydrazine groups is 1. The Bertz CT molecular complexity index is 855. The van der Waals surface area contributed by atoms with Gasteiger partial charge in [-0.3, -0.25) is 20.4 Å². The molecule has 0 aliphatic carbocycles. The van der Waals surface area contributed by atoms with E-state index in [2.05, 4.69) is 26.2 Å². The molecule has 148 valence electrons. The van der Waals surface area contributed by atoms with Gasteiger partial charge in [0.05, 0.1) is 0 Å². The Morgan fingerprint density at radius 1 is 0.857 bits per heavy atom. The van der Waals surface area contributed by atoms with E-state index in [1.54, 1.807) is 24.3 Å². The van der Waals surface area contributed by atoms with E-state index in [-0.39, 0.29) is 5.11 Å². The van der Waals surface area contributed by atoms with Crippen LogP contribution >= 0.6 is 12.2 Å². The topological polar surface area (TPSA) is 91.5 Å². The molecule has 0 aliphatic heterocycles. The van der Waals surface area contributed by atoms with Crippen molar-refractivity contribution in [3.63, 3.8) is 0 Å². The fraction of sp³-hybridized carbons (Fsp3) is 0.118. The van der Waals surface area contributed by atoms with E-state index in [9.17, 15) is 22.8 Å². The molecule has 11 heteroatoms. The molecule has 0 radical (unpaired) electrons. The molecule has 2 aromatic carbocycles. The van der Waals surface area contributed by atoms with Crippen molar-refractivity contribution in [2.45, 2.75) is 13.3 Å². The largest absolute Gasteiger partial charge is 0.573 e. The first-order chi connectivity index (χ1) is 13.1. The molecule has 0 atom stereocenters. The van der Waals surface area contributed by atoms with Gasteiger partial charge < -0.3 is 15.4 Å². The van der Waals surface area contributed by atoms with E-state index in [0.717, 1.165) is 17.7 Å². The first-order valence-corrected chi connectivity index (χ1v) is 8.14. The van der Waals surface area contributed by atoms with Crippen LogP contribution < -0.4 is 26.2 Å². The highest BCUT2D eigenvalue weighted by atomic mass is 32.1. The van der Waals surface area contributed by atoms with E-state index < -0.39 is 23.9 Å². The van der Waals surface area contributed by atoms with Gasteiger partial charge in [-0.05, 0) is 55.5 Å². The van der Waals surface area contributed by atoms with Crippen molar-refractivity contribution < 1.29 is 27.5 Å². The monoisotopic (exact) mass is 412 g/mol.